The Labute approximate surface area is 423 Å². The van der Waals surface area contributed by atoms with Gasteiger partial charge in [0.2, 0.25) is 0 Å². The van der Waals surface area contributed by atoms with Crippen LogP contribution in [0.1, 0.15) is 77.9 Å². The molecule has 28 atom stereocenters. The summed E-state index contributed by atoms with van der Waals surface area (Å²) < 4.78 is 62.9. The molecule has 8 saturated heterocycles. The minimum absolute atomic E-state index is 0.184. The molecule has 11 fully saturated rings. The molecule has 0 aromatic carbocycles. The van der Waals surface area contributed by atoms with Crippen molar-refractivity contribution in [2.24, 2.45) is 57.2 Å². The highest BCUT2D eigenvalue weighted by Gasteiger charge is 2.85. The average molecular weight is 1040 g/mol. The summed E-state index contributed by atoms with van der Waals surface area (Å²) in [5.74, 6) is -6.50. The van der Waals surface area contributed by atoms with Gasteiger partial charge >= 0.3 is 23.9 Å². The monoisotopic (exact) mass is 1040 g/mol. The second-order valence-corrected chi connectivity index (χ2v) is 24.3. The molecule has 3 saturated carbocycles. The second kappa shape index (κ2) is 16.3. The molecule has 0 amide bonds. The molecule has 0 unspecified atom stereocenters. The van der Waals surface area contributed by atoms with Gasteiger partial charge in [-0.15, -0.1) is 0 Å². The summed E-state index contributed by atoms with van der Waals surface area (Å²) in [7, 11) is 0. The maximum Gasteiger partial charge on any atom is 0.343 e. The SMILES string of the molecule is C[C@@]12C[C@@H](C3=C[C@H]4O[C@@H]3[C@H]3[C@@H]4[C@H]4OC(=O)[C@]3(O[C@@H]3O[C@H](CO)[C@@H](O)[C@H](O)[C@H]3O)[C@]3(C)CC[C@H]5C(=O)O[C@H](c6ccoc6)C[C@@]5(C)[C@H]43)OC(=O)[C@@H]1CC[C@]1(C)[C@H]2[C@H]2C=C[C@]1(O[C@@H]1O[C@H](CO)[C@@H](O)[C@H](O)[C@H]1O)C(=O)O2. The lowest BCUT2D eigenvalue weighted by Gasteiger charge is -2.72. The molecule has 11 heterocycles. The molecule has 10 aliphatic heterocycles. The van der Waals surface area contributed by atoms with Gasteiger partial charge in [-0.2, -0.15) is 0 Å². The summed E-state index contributed by atoms with van der Waals surface area (Å²) in [6.07, 6.45) is -12.3. The zero-order valence-corrected chi connectivity index (χ0v) is 41.1. The van der Waals surface area contributed by atoms with Crippen molar-refractivity contribution in [1.29, 1.82) is 0 Å². The number of hydrogen-bond donors (Lipinski definition) is 8. The van der Waals surface area contributed by atoms with E-state index in [1.807, 2.05) is 33.8 Å². The molecule has 22 nitrogen and oxygen atoms in total. The normalized spacial score (nSPS) is 56.5. The fourth-order valence-electron chi connectivity index (χ4n) is 17.8. The van der Waals surface area contributed by atoms with Gasteiger partial charge in [-0.3, -0.25) is 9.59 Å². The highest BCUT2D eigenvalue weighted by molar-refractivity contribution is 5.87. The van der Waals surface area contributed by atoms with Crippen LogP contribution in [0.25, 0.3) is 0 Å². The van der Waals surface area contributed by atoms with Gasteiger partial charge < -0.3 is 87.9 Å². The van der Waals surface area contributed by atoms with E-state index in [2.05, 4.69) is 0 Å². The summed E-state index contributed by atoms with van der Waals surface area (Å²) >= 11 is 0. The Balaban J connectivity index is 0.880. The molecule has 1 aromatic rings. The van der Waals surface area contributed by atoms with E-state index in [1.54, 1.807) is 18.2 Å². The van der Waals surface area contributed by atoms with Crippen molar-refractivity contribution in [2.45, 2.75) is 175 Å². The number of aliphatic hydroxyl groups excluding tert-OH is 8. The van der Waals surface area contributed by atoms with E-state index < -0.39 is 203 Å². The van der Waals surface area contributed by atoms with Crippen LogP contribution in [0.2, 0.25) is 0 Å². The largest absolute Gasteiger partial charge is 0.472 e. The summed E-state index contributed by atoms with van der Waals surface area (Å²) in [4.78, 5) is 58.5. The van der Waals surface area contributed by atoms with E-state index in [9.17, 15) is 55.2 Å². The molecule has 74 heavy (non-hydrogen) atoms. The van der Waals surface area contributed by atoms with Crippen LogP contribution in [0.3, 0.4) is 0 Å². The van der Waals surface area contributed by atoms with Crippen LogP contribution in [0.5, 0.6) is 0 Å². The number of furan rings is 1. The zero-order valence-electron chi connectivity index (χ0n) is 41.1. The van der Waals surface area contributed by atoms with E-state index >= 15 is 4.79 Å². The number of carbonyl (C=O) groups excluding carboxylic acids is 4. The summed E-state index contributed by atoms with van der Waals surface area (Å²) in [6.45, 7) is 6.25. The van der Waals surface area contributed by atoms with Crippen molar-refractivity contribution in [3.8, 4) is 0 Å². The first-order valence-corrected chi connectivity index (χ1v) is 26.0. The smallest absolute Gasteiger partial charge is 0.343 e. The van der Waals surface area contributed by atoms with Gasteiger partial charge in [0.05, 0.1) is 49.8 Å². The number of esters is 4. The number of ether oxygens (including phenoxy) is 9. The Morgan fingerprint density at radius 2 is 1.24 bits per heavy atom. The van der Waals surface area contributed by atoms with Crippen molar-refractivity contribution >= 4 is 23.9 Å². The number of aliphatic hydroxyl groups is 8. The lowest BCUT2D eigenvalue weighted by atomic mass is 9.36. The highest BCUT2D eigenvalue weighted by atomic mass is 16.7. The Bertz CT molecular complexity index is 2570. The summed E-state index contributed by atoms with van der Waals surface area (Å²) in [6, 6.07) is 1.74. The molecule has 0 radical (unpaired) electrons. The maximum atomic E-state index is 15.4. The lowest BCUT2D eigenvalue weighted by Crippen LogP contribution is -2.82. The zero-order chi connectivity index (χ0) is 52.1. The predicted molar refractivity (Wildman–Crippen MR) is 239 cm³/mol. The first-order valence-electron chi connectivity index (χ1n) is 26.0. The predicted octanol–water partition coefficient (Wildman–Crippen LogP) is -0.855. The van der Waals surface area contributed by atoms with Crippen LogP contribution in [0, 0.1) is 57.2 Å². The van der Waals surface area contributed by atoms with Gasteiger partial charge in [0.1, 0.15) is 73.2 Å². The number of hydrogen-bond acceptors (Lipinski definition) is 22. The van der Waals surface area contributed by atoms with Crippen LogP contribution < -0.4 is 0 Å². The molecular weight excluding hydrogens is 977 g/mol. The Hall–Kier alpha value is -3.88. The summed E-state index contributed by atoms with van der Waals surface area (Å²) in [5.41, 5.74) is -7.00. The molecule has 8 N–H and O–H groups in total. The molecule has 4 aliphatic carbocycles. The Morgan fingerprint density at radius 1 is 0.649 bits per heavy atom. The fraction of sp³-hybridized carbons (Fsp3) is 0.769. The third-order valence-corrected chi connectivity index (χ3v) is 21.1. The van der Waals surface area contributed by atoms with Gasteiger partial charge in [0.25, 0.3) is 0 Å². The van der Waals surface area contributed by atoms with Crippen molar-refractivity contribution < 1.29 is 107 Å². The Kier molecular flexibility index (Phi) is 11.0. The van der Waals surface area contributed by atoms with Gasteiger partial charge in [-0.1, -0.05) is 27.7 Å². The number of fused-ring (bicyclic) bond motifs is 6. The van der Waals surface area contributed by atoms with E-state index in [1.165, 1.54) is 12.5 Å². The van der Waals surface area contributed by atoms with Crippen molar-refractivity contribution in [3.63, 3.8) is 0 Å². The lowest BCUT2D eigenvalue weighted by molar-refractivity contribution is -0.388. The van der Waals surface area contributed by atoms with Crippen LogP contribution in [0.15, 0.2) is 46.8 Å². The average Bonchev–Trinajstić information content (AvgIpc) is 4.14. The maximum absolute atomic E-state index is 15.4. The van der Waals surface area contributed by atoms with E-state index in [0.717, 1.165) is 0 Å². The Morgan fingerprint density at radius 3 is 1.85 bits per heavy atom. The molecule has 14 aliphatic rings. The van der Waals surface area contributed by atoms with Crippen molar-refractivity contribution in [2.75, 3.05) is 13.2 Å². The minimum atomic E-state index is -2.06. The van der Waals surface area contributed by atoms with Gasteiger partial charge in [-0.25, -0.2) is 9.59 Å². The van der Waals surface area contributed by atoms with E-state index in [-0.39, 0.29) is 32.1 Å². The molecule has 6 bridgehead atoms. The molecule has 0 spiro atoms. The van der Waals surface area contributed by atoms with Crippen molar-refractivity contribution in [3.05, 3.63) is 48.0 Å². The highest BCUT2D eigenvalue weighted by Crippen LogP contribution is 2.76. The molecule has 404 valence electrons. The minimum Gasteiger partial charge on any atom is -0.472 e. The topological polar surface area (TPSA) is 326 Å². The standard InChI is InChI=1S/C52H64O22/c1-47-15-26(68-42(62)21(47)5-9-49(3)39(47)23-7-11-51(49,45(63)71-23)73-43-35(59)33(57)31(55)27(16-53)69-43)20-13-24-29-30(37(20)66-24)52(74-44-36(60)34(58)32(56)28(17-54)70-44)46(64)72-38(29)40-48(2)14-25(19-8-12-65-18-19)67-41(61)22(48)6-10-50(40,52)4/h7-8,11-13,18,21-40,43-44,53-60H,5-6,9-10,14-17H2,1-4H3/t21-,22-,23+,24+,25-,26-,27+,28+,29+,30+,31+,32+,33-,34-,35+,36+,37-,38+,39-,40-,43-,44-,47+,48+,49+,50+,51-,52-/m0/s1. The fourth-order valence-corrected chi connectivity index (χ4v) is 17.8. The van der Waals surface area contributed by atoms with Crippen LogP contribution >= 0.6 is 0 Å². The van der Waals surface area contributed by atoms with Crippen LogP contribution in [0.4, 0.5) is 0 Å². The number of cyclic esters (lactones) is 2. The summed E-state index contributed by atoms with van der Waals surface area (Å²) in [5, 5.41) is 86.3. The van der Waals surface area contributed by atoms with E-state index in [4.69, 9.17) is 47.0 Å². The van der Waals surface area contributed by atoms with Crippen LogP contribution in [-0.2, 0) is 61.8 Å². The van der Waals surface area contributed by atoms with Crippen molar-refractivity contribution in [1.82, 2.24) is 0 Å². The van der Waals surface area contributed by atoms with Gasteiger partial charge in [0, 0.05) is 40.1 Å². The third kappa shape index (κ3) is 6.06. The third-order valence-electron chi connectivity index (χ3n) is 21.1. The molecule has 15 rings (SSSR count). The molecular formula is C52H64O22. The van der Waals surface area contributed by atoms with E-state index in [0.29, 0.717) is 17.6 Å². The number of carbonyl (C=O) groups is 4. The van der Waals surface area contributed by atoms with Gasteiger partial charge in [0.15, 0.2) is 23.8 Å². The quantitative estimate of drug-likeness (QED) is 0.0893. The first-order chi connectivity index (χ1) is 35.1. The first kappa shape index (κ1) is 49.7. The number of rotatable bonds is 8. The van der Waals surface area contributed by atoms with Crippen LogP contribution in [-0.4, -0.2) is 181 Å². The molecule has 1 aromatic heterocycles. The molecule has 22 heteroatoms. The second-order valence-electron chi connectivity index (χ2n) is 24.3. The van der Waals surface area contributed by atoms with Gasteiger partial charge in [-0.05, 0) is 79.2 Å².